The van der Waals surface area contributed by atoms with Crippen molar-refractivity contribution in [3.05, 3.63) is 23.2 Å². The van der Waals surface area contributed by atoms with Crippen LogP contribution in [0.25, 0.3) is 0 Å². The van der Waals surface area contributed by atoms with Crippen LogP contribution in [0.1, 0.15) is 42.6 Å². The van der Waals surface area contributed by atoms with Crippen molar-refractivity contribution in [3.8, 4) is 0 Å². The van der Waals surface area contributed by atoms with Crippen molar-refractivity contribution in [2.75, 3.05) is 13.2 Å². The molecule has 0 radical (unpaired) electrons. The maximum absolute atomic E-state index is 11.9. The predicted octanol–water partition coefficient (Wildman–Crippen LogP) is 1.80. The number of halogens is 1. The van der Waals surface area contributed by atoms with Crippen LogP contribution in [0.5, 0.6) is 0 Å². The van der Waals surface area contributed by atoms with Crippen LogP contribution >= 0.6 is 11.6 Å². The molecule has 0 spiro atoms. The second-order valence-corrected chi connectivity index (χ2v) is 5.51. The molecule has 1 saturated carbocycles. The summed E-state index contributed by atoms with van der Waals surface area (Å²) in [5, 5.41) is 12.7. The van der Waals surface area contributed by atoms with Gasteiger partial charge >= 0.3 is 0 Å². The summed E-state index contributed by atoms with van der Waals surface area (Å²) in [6, 6.07) is 0. The van der Waals surface area contributed by atoms with Crippen molar-refractivity contribution >= 4 is 17.5 Å². The third-order valence-corrected chi connectivity index (χ3v) is 3.92. The predicted molar refractivity (Wildman–Crippen MR) is 72.0 cm³/mol. The standard InChI is InChI=1S/C13H18ClN3O2/c14-11-7-15-10(6-16-11)12(19)17-8-13(9-18)4-2-1-3-5-13/h6-7,18H,1-5,8-9H2,(H,17,19). The van der Waals surface area contributed by atoms with Crippen LogP contribution in [-0.4, -0.2) is 34.1 Å². The molecule has 1 aliphatic rings. The van der Waals surface area contributed by atoms with E-state index in [-0.39, 0.29) is 28.8 Å². The normalized spacial score (nSPS) is 18.0. The highest BCUT2D eigenvalue weighted by molar-refractivity contribution is 6.29. The van der Waals surface area contributed by atoms with E-state index >= 15 is 0 Å². The number of amides is 1. The number of hydrogen-bond donors (Lipinski definition) is 2. The number of rotatable bonds is 4. The summed E-state index contributed by atoms with van der Waals surface area (Å²) in [5.41, 5.74) is 0.0709. The van der Waals surface area contributed by atoms with E-state index in [0.29, 0.717) is 6.54 Å². The summed E-state index contributed by atoms with van der Waals surface area (Å²) in [7, 11) is 0. The second kappa shape index (κ2) is 6.30. The minimum Gasteiger partial charge on any atom is -0.396 e. The molecule has 0 bridgehead atoms. The van der Waals surface area contributed by atoms with Crippen LogP contribution in [-0.2, 0) is 0 Å². The van der Waals surface area contributed by atoms with Gasteiger partial charge in [0.2, 0.25) is 0 Å². The van der Waals surface area contributed by atoms with Gasteiger partial charge in [-0.3, -0.25) is 4.79 Å². The smallest absolute Gasteiger partial charge is 0.271 e. The Balaban J connectivity index is 1.93. The van der Waals surface area contributed by atoms with Gasteiger partial charge in [-0.1, -0.05) is 30.9 Å². The van der Waals surface area contributed by atoms with Crippen molar-refractivity contribution in [1.29, 1.82) is 0 Å². The Labute approximate surface area is 117 Å². The molecular weight excluding hydrogens is 266 g/mol. The lowest BCUT2D eigenvalue weighted by molar-refractivity contribution is 0.0715. The average Bonchev–Trinajstić information content (AvgIpc) is 2.46. The highest BCUT2D eigenvalue weighted by Crippen LogP contribution is 2.35. The summed E-state index contributed by atoms with van der Waals surface area (Å²) < 4.78 is 0. The molecule has 1 amide bonds. The van der Waals surface area contributed by atoms with Gasteiger partial charge in [-0.05, 0) is 12.8 Å². The first-order chi connectivity index (χ1) is 9.15. The highest BCUT2D eigenvalue weighted by atomic mass is 35.5. The Kier molecular flexibility index (Phi) is 4.71. The summed E-state index contributed by atoms with van der Waals surface area (Å²) in [6.45, 7) is 0.590. The summed E-state index contributed by atoms with van der Waals surface area (Å²) >= 11 is 5.62. The molecule has 0 unspecified atom stereocenters. The van der Waals surface area contributed by atoms with Crippen molar-refractivity contribution in [1.82, 2.24) is 15.3 Å². The first kappa shape index (κ1) is 14.2. The quantitative estimate of drug-likeness (QED) is 0.884. The third kappa shape index (κ3) is 3.64. The van der Waals surface area contributed by atoms with E-state index in [9.17, 15) is 9.90 Å². The van der Waals surface area contributed by atoms with E-state index < -0.39 is 0 Å². The SMILES string of the molecule is O=C(NCC1(CO)CCCCC1)c1cnc(Cl)cn1. The lowest BCUT2D eigenvalue weighted by Crippen LogP contribution is -2.41. The molecule has 104 valence electrons. The lowest BCUT2D eigenvalue weighted by atomic mass is 9.74. The number of nitrogens with zero attached hydrogens (tertiary/aromatic N) is 2. The van der Waals surface area contributed by atoms with Crippen LogP contribution < -0.4 is 5.32 Å². The minimum atomic E-state index is -0.275. The molecular formula is C13H18ClN3O2. The average molecular weight is 284 g/mol. The second-order valence-electron chi connectivity index (χ2n) is 5.13. The van der Waals surface area contributed by atoms with Gasteiger partial charge in [-0.15, -0.1) is 0 Å². The molecule has 1 aromatic heterocycles. The number of aliphatic hydroxyl groups excluding tert-OH is 1. The van der Waals surface area contributed by atoms with Gasteiger partial charge in [0.25, 0.3) is 5.91 Å². The zero-order chi connectivity index (χ0) is 13.7. The molecule has 1 fully saturated rings. The highest BCUT2D eigenvalue weighted by Gasteiger charge is 2.31. The number of aliphatic hydroxyl groups is 1. The maximum Gasteiger partial charge on any atom is 0.271 e. The van der Waals surface area contributed by atoms with Crippen LogP contribution in [0.4, 0.5) is 0 Å². The zero-order valence-corrected chi connectivity index (χ0v) is 11.5. The molecule has 1 heterocycles. The molecule has 5 nitrogen and oxygen atoms in total. The fourth-order valence-electron chi connectivity index (χ4n) is 2.48. The zero-order valence-electron chi connectivity index (χ0n) is 10.7. The van der Waals surface area contributed by atoms with Crippen molar-refractivity contribution in [3.63, 3.8) is 0 Å². The van der Waals surface area contributed by atoms with Gasteiger partial charge in [0.1, 0.15) is 10.8 Å². The van der Waals surface area contributed by atoms with E-state index in [2.05, 4.69) is 15.3 Å². The number of aromatic nitrogens is 2. The van der Waals surface area contributed by atoms with Crippen LogP contribution in [0.15, 0.2) is 12.4 Å². The Morgan fingerprint density at radius 2 is 2.05 bits per heavy atom. The Bertz CT molecular complexity index is 430. The van der Waals surface area contributed by atoms with E-state index in [0.717, 1.165) is 25.7 Å². The molecule has 1 aliphatic carbocycles. The summed E-state index contributed by atoms with van der Waals surface area (Å²) in [6.07, 6.45) is 8.03. The molecule has 0 aliphatic heterocycles. The molecule has 0 atom stereocenters. The molecule has 0 saturated heterocycles. The van der Waals surface area contributed by atoms with Crippen LogP contribution in [0.2, 0.25) is 5.15 Å². The largest absolute Gasteiger partial charge is 0.396 e. The van der Waals surface area contributed by atoms with Gasteiger partial charge < -0.3 is 10.4 Å². The fourth-order valence-corrected chi connectivity index (χ4v) is 2.58. The van der Waals surface area contributed by atoms with E-state index in [4.69, 9.17) is 11.6 Å². The van der Waals surface area contributed by atoms with Crippen LogP contribution in [0, 0.1) is 5.41 Å². The molecule has 6 heteroatoms. The molecule has 19 heavy (non-hydrogen) atoms. The fraction of sp³-hybridized carbons (Fsp3) is 0.615. The monoisotopic (exact) mass is 283 g/mol. The third-order valence-electron chi connectivity index (χ3n) is 3.73. The van der Waals surface area contributed by atoms with E-state index in [1.807, 2.05) is 0 Å². The first-order valence-electron chi connectivity index (χ1n) is 6.52. The number of carbonyl (C=O) groups is 1. The van der Waals surface area contributed by atoms with Crippen molar-refractivity contribution in [2.45, 2.75) is 32.1 Å². The van der Waals surface area contributed by atoms with Gasteiger partial charge in [0.15, 0.2) is 0 Å². The van der Waals surface area contributed by atoms with Crippen molar-refractivity contribution in [2.24, 2.45) is 5.41 Å². The summed E-state index contributed by atoms with van der Waals surface area (Å²) in [4.78, 5) is 19.7. The Hall–Kier alpha value is -1.20. The Morgan fingerprint density at radius 1 is 1.32 bits per heavy atom. The van der Waals surface area contributed by atoms with E-state index in [1.54, 1.807) is 0 Å². The van der Waals surface area contributed by atoms with Crippen molar-refractivity contribution < 1.29 is 9.90 Å². The van der Waals surface area contributed by atoms with Gasteiger partial charge in [-0.25, -0.2) is 9.97 Å². The first-order valence-corrected chi connectivity index (χ1v) is 6.90. The molecule has 2 N–H and O–H groups in total. The van der Waals surface area contributed by atoms with Crippen LogP contribution in [0.3, 0.4) is 0 Å². The molecule has 0 aromatic carbocycles. The maximum atomic E-state index is 11.9. The van der Waals surface area contributed by atoms with Gasteiger partial charge in [-0.2, -0.15) is 0 Å². The summed E-state index contributed by atoms with van der Waals surface area (Å²) in [5.74, 6) is -0.275. The lowest BCUT2D eigenvalue weighted by Gasteiger charge is -2.35. The van der Waals surface area contributed by atoms with E-state index in [1.165, 1.54) is 18.8 Å². The number of hydrogen-bond acceptors (Lipinski definition) is 4. The number of carbonyl (C=O) groups excluding carboxylic acids is 1. The van der Waals surface area contributed by atoms with Gasteiger partial charge in [0, 0.05) is 12.0 Å². The Morgan fingerprint density at radius 3 is 2.63 bits per heavy atom. The number of nitrogens with one attached hydrogen (secondary N) is 1. The topological polar surface area (TPSA) is 75.1 Å². The van der Waals surface area contributed by atoms with Gasteiger partial charge in [0.05, 0.1) is 19.0 Å². The molecule has 1 aromatic rings. The minimum absolute atomic E-state index is 0.111. The molecule has 2 rings (SSSR count).